The molecule has 0 unspecified atom stereocenters. The van der Waals surface area contributed by atoms with Crippen molar-refractivity contribution < 1.29 is 5.11 Å². The van der Waals surface area contributed by atoms with Crippen molar-refractivity contribution >= 4 is 24.0 Å². The molecule has 0 saturated heterocycles. The highest BCUT2D eigenvalue weighted by Gasteiger charge is 2.32. The largest absolute Gasteiger partial charge is 0.347 e. The van der Waals surface area contributed by atoms with E-state index in [4.69, 9.17) is 11.6 Å². The predicted molar refractivity (Wildman–Crippen MR) is 103 cm³/mol. The van der Waals surface area contributed by atoms with Gasteiger partial charge in [0.2, 0.25) is 0 Å². The Morgan fingerprint density at radius 3 is 2.28 bits per heavy atom. The Balaban J connectivity index is 0.000000399. The third-order valence-electron chi connectivity index (χ3n) is 3.69. The van der Waals surface area contributed by atoms with Gasteiger partial charge in [-0.3, -0.25) is 0 Å². The number of aliphatic hydroxyl groups is 1. The van der Waals surface area contributed by atoms with Gasteiger partial charge < -0.3 is 5.11 Å². The highest BCUT2D eigenvalue weighted by Crippen LogP contribution is 2.34. The van der Waals surface area contributed by atoms with Crippen molar-refractivity contribution in [1.29, 1.82) is 5.26 Å². The van der Waals surface area contributed by atoms with Crippen LogP contribution in [0.25, 0.3) is 11.1 Å². The summed E-state index contributed by atoms with van der Waals surface area (Å²) in [5.74, 6) is -0.869. The Kier molecular flexibility index (Phi) is 6.88. The van der Waals surface area contributed by atoms with Crippen molar-refractivity contribution in [3.8, 4) is 17.2 Å². The summed E-state index contributed by atoms with van der Waals surface area (Å²) in [6.45, 7) is 2.13. The van der Waals surface area contributed by atoms with Crippen molar-refractivity contribution in [2.45, 2.75) is 25.6 Å². The minimum absolute atomic E-state index is 0.386. The van der Waals surface area contributed by atoms with Crippen LogP contribution in [0.2, 0.25) is 0 Å². The van der Waals surface area contributed by atoms with Gasteiger partial charge in [0.15, 0.2) is 0 Å². The molecule has 128 valence electrons. The summed E-state index contributed by atoms with van der Waals surface area (Å²) in [6, 6.07) is 17.0. The van der Waals surface area contributed by atoms with Gasteiger partial charge in [-0.15, -0.1) is 11.6 Å². The monoisotopic (exact) mass is 353 g/mol. The minimum Gasteiger partial charge on any atom is -0.347 e. The van der Waals surface area contributed by atoms with Crippen molar-refractivity contribution in [1.82, 2.24) is 0 Å². The Bertz CT molecular complexity index is 780. The summed E-state index contributed by atoms with van der Waals surface area (Å²) in [5, 5.41) is 19.9. The van der Waals surface area contributed by atoms with Crippen LogP contribution in [0.5, 0.6) is 0 Å². The number of hydrogen-bond acceptors (Lipinski definition) is 4. The van der Waals surface area contributed by atoms with E-state index in [1.807, 2.05) is 36.4 Å². The molecule has 0 fully saturated rings. The first-order chi connectivity index (χ1) is 12.2. The summed E-state index contributed by atoms with van der Waals surface area (Å²) in [7, 11) is 0. The maximum Gasteiger partial charge on any atom is 0.283 e. The molecule has 0 radical (unpaired) electrons. The summed E-state index contributed by atoms with van der Waals surface area (Å²) < 4.78 is 0. The van der Waals surface area contributed by atoms with Gasteiger partial charge in [0.25, 0.3) is 5.85 Å². The Morgan fingerprint density at radius 2 is 1.76 bits per heavy atom. The number of halogens is 1. The molecule has 2 aromatic carbocycles. The smallest absolute Gasteiger partial charge is 0.283 e. The van der Waals surface area contributed by atoms with Crippen LogP contribution >= 0.6 is 11.6 Å². The van der Waals surface area contributed by atoms with Crippen LogP contribution in [-0.4, -0.2) is 23.4 Å². The van der Waals surface area contributed by atoms with Gasteiger partial charge in [0.1, 0.15) is 6.07 Å². The zero-order valence-corrected chi connectivity index (χ0v) is 14.8. The lowest BCUT2D eigenvalue weighted by Crippen LogP contribution is -2.19. The zero-order valence-electron chi connectivity index (χ0n) is 14.1. The number of nitrogens with zero attached hydrogens (tertiary/aromatic N) is 3. The van der Waals surface area contributed by atoms with E-state index in [0.717, 1.165) is 23.4 Å². The topological polar surface area (TPSA) is 68.7 Å². The van der Waals surface area contributed by atoms with Gasteiger partial charge in [-0.1, -0.05) is 61.9 Å². The summed E-state index contributed by atoms with van der Waals surface area (Å²) in [4.78, 5) is 7.88. The van der Waals surface area contributed by atoms with Crippen LogP contribution < -0.4 is 0 Å². The quantitative estimate of drug-likeness (QED) is 0.821. The number of benzene rings is 2. The highest BCUT2D eigenvalue weighted by atomic mass is 35.5. The van der Waals surface area contributed by atoms with Gasteiger partial charge in [0.05, 0.1) is 5.56 Å². The normalized spacial score (nSPS) is 13.8. The zero-order chi connectivity index (χ0) is 18.1. The van der Waals surface area contributed by atoms with Crippen molar-refractivity contribution in [2.75, 3.05) is 5.88 Å². The molecule has 1 aliphatic rings. The number of alkyl halides is 1. The van der Waals surface area contributed by atoms with Crippen LogP contribution in [-0.2, 0) is 5.85 Å². The standard InChI is InChI=1S/C16H11N3O.C4H9Cl/c17-11-14-13(12-5-2-1-3-6-12)7-4-8-15(14)16(20)18-9-10-19-16;1-2-3-4-5/h1-10,20H;2-4H2,1H3. The van der Waals surface area contributed by atoms with Crippen LogP contribution in [0.15, 0.2) is 58.5 Å². The molecule has 0 aromatic heterocycles. The van der Waals surface area contributed by atoms with E-state index in [9.17, 15) is 10.4 Å². The molecule has 0 bridgehead atoms. The molecule has 1 heterocycles. The Labute approximate surface area is 153 Å². The fourth-order valence-corrected chi connectivity index (χ4v) is 2.66. The third kappa shape index (κ3) is 4.54. The van der Waals surface area contributed by atoms with Crippen molar-refractivity contribution in [2.24, 2.45) is 9.98 Å². The molecule has 5 heteroatoms. The first kappa shape index (κ1) is 18.9. The first-order valence-corrected chi connectivity index (χ1v) is 8.66. The molecule has 0 amide bonds. The number of hydrogen-bond donors (Lipinski definition) is 1. The molecule has 3 rings (SSSR count). The van der Waals surface area contributed by atoms with E-state index in [2.05, 4.69) is 23.0 Å². The van der Waals surface area contributed by atoms with Crippen molar-refractivity contribution in [3.05, 3.63) is 59.7 Å². The second-order valence-electron chi connectivity index (χ2n) is 5.44. The molecule has 1 aliphatic heterocycles. The van der Waals surface area contributed by atoms with Gasteiger partial charge >= 0.3 is 0 Å². The molecule has 1 N–H and O–H groups in total. The van der Waals surface area contributed by atoms with E-state index >= 15 is 0 Å². The maximum atomic E-state index is 10.4. The summed E-state index contributed by atoms with van der Waals surface area (Å²) in [5.41, 5.74) is 2.46. The van der Waals surface area contributed by atoms with Gasteiger partial charge in [-0.2, -0.15) is 5.26 Å². The number of nitriles is 1. The predicted octanol–water partition coefficient (Wildman–Crippen LogP) is 4.51. The number of unbranched alkanes of at least 4 members (excludes halogenated alkanes) is 1. The van der Waals surface area contributed by atoms with Gasteiger partial charge in [-0.05, 0) is 17.5 Å². The van der Waals surface area contributed by atoms with E-state index in [-0.39, 0.29) is 0 Å². The molecular formula is C20H20ClN3O. The van der Waals surface area contributed by atoms with Crippen molar-refractivity contribution in [3.63, 3.8) is 0 Å². The van der Waals surface area contributed by atoms with Gasteiger partial charge in [0, 0.05) is 23.9 Å². The Hall–Kier alpha value is -2.48. The van der Waals surface area contributed by atoms with E-state index < -0.39 is 5.85 Å². The molecule has 4 nitrogen and oxygen atoms in total. The molecule has 0 atom stereocenters. The van der Waals surface area contributed by atoms with Crippen LogP contribution in [0, 0.1) is 11.3 Å². The lowest BCUT2D eigenvalue weighted by molar-refractivity contribution is 0.0606. The molecular weight excluding hydrogens is 334 g/mol. The fourth-order valence-electron chi connectivity index (χ4n) is 2.39. The molecule has 0 spiro atoms. The van der Waals surface area contributed by atoms with E-state index in [1.54, 1.807) is 12.1 Å². The average molecular weight is 354 g/mol. The fraction of sp³-hybridized carbons (Fsp3) is 0.250. The lowest BCUT2D eigenvalue weighted by Gasteiger charge is -2.19. The maximum absolute atomic E-state index is 10.4. The average Bonchev–Trinajstić information content (AvgIpc) is 3.10. The second-order valence-corrected chi connectivity index (χ2v) is 5.82. The first-order valence-electron chi connectivity index (χ1n) is 8.12. The Morgan fingerprint density at radius 1 is 1.08 bits per heavy atom. The number of rotatable bonds is 4. The summed E-state index contributed by atoms with van der Waals surface area (Å²) in [6.07, 6.45) is 5.22. The highest BCUT2D eigenvalue weighted by molar-refractivity contribution is 6.18. The SMILES string of the molecule is CCCCCl.N#Cc1c(-c2ccccc2)cccc1C1(O)N=CC=N1. The van der Waals surface area contributed by atoms with Crippen LogP contribution in [0.1, 0.15) is 30.9 Å². The van der Waals surface area contributed by atoms with Gasteiger partial charge in [-0.25, -0.2) is 9.98 Å². The van der Waals surface area contributed by atoms with E-state index in [0.29, 0.717) is 11.1 Å². The third-order valence-corrected chi connectivity index (χ3v) is 3.95. The summed E-state index contributed by atoms with van der Waals surface area (Å²) >= 11 is 5.30. The molecule has 0 saturated carbocycles. The molecule has 25 heavy (non-hydrogen) atoms. The molecule has 0 aliphatic carbocycles. The molecule has 2 aromatic rings. The van der Waals surface area contributed by atoms with Crippen LogP contribution in [0.3, 0.4) is 0 Å². The van der Waals surface area contributed by atoms with Crippen LogP contribution in [0.4, 0.5) is 0 Å². The second kappa shape index (κ2) is 9.12. The minimum atomic E-state index is -1.68. The van der Waals surface area contributed by atoms with E-state index in [1.165, 1.54) is 18.9 Å². The number of aliphatic imine (C=N–C) groups is 2. The lowest BCUT2D eigenvalue weighted by atomic mass is 9.94.